The van der Waals surface area contributed by atoms with Gasteiger partial charge in [-0.3, -0.25) is 14.7 Å². The highest BCUT2D eigenvalue weighted by atomic mass is 32.2. The molecule has 1 aliphatic rings. The first-order valence-corrected chi connectivity index (χ1v) is 9.66. The molecular formula is C16H26N4O3S. The molecule has 1 N–H and O–H groups in total. The number of piperazine rings is 1. The maximum absolute atomic E-state index is 12.5. The van der Waals surface area contributed by atoms with Gasteiger partial charge in [-0.2, -0.15) is 4.31 Å². The maximum Gasteiger partial charge on any atom is 0.244 e. The minimum Gasteiger partial charge on any atom is -0.352 e. The van der Waals surface area contributed by atoms with Crippen LogP contribution in [-0.2, 0) is 14.8 Å². The molecule has 0 aliphatic carbocycles. The highest BCUT2D eigenvalue weighted by Gasteiger charge is 2.29. The van der Waals surface area contributed by atoms with E-state index in [4.69, 9.17) is 0 Å². The van der Waals surface area contributed by atoms with Crippen LogP contribution in [0.15, 0.2) is 29.4 Å². The van der Waals surface area contributed by atoms with E-state index in [9.17, 15) is 13.2 Å². The maximum atomic E-state index is 12.5. The number of carbonyl (C=O) groups is 1. The fourth-order valence-electron chi connectivity index (χ4n) is 2.45. The highest BCUT2D eigenvalue weighted by Crippen LogP contribution is 2.16. The molecule has 1 fully saturated rings. The summed E-state index contributed by atoms with van der Waals surface area (Å²) in [5.74, 6) is 0.371. The molecule has 0 spiro atoms. The van der Waals surface area contributed by atoms with Crippen molar-refractivity contribution >= 4 is 15.9 Å². The van der Waals surface area contributed by atoms with Gasteiger partial charge in [0.05, 0.1) is 6.54 Å². The lowest BCUT2D eigenvalue weighted by Gasteiger charge is -2.33. The summed E-state index contributed by atoms with van der Waals surface area (Å²) in [6.07, 6.45) is 2.91. The normalized spacial score (nSPS) is 18.5. The van der Waals surface area contributed by atoms with E-state index in [1.807, 2.05) is 11.8 Å². The van der Waals surface area contributed by atoms with Crippen LogP contribution in [0.25, 0.3) is 0 Å². The summed E-state index contributed by atoms with van der Waals surface area (Å²) < 4.78 is 26.5. The molecule has 2 heterocycles. The number of amides is 1. The van der Waals surface area contributed by atoms with Gasteiger partial charge in [-0.25, -0.2) is 8.42 Å². The van der Waals surface area contributed by atoms with Gasteiger partial charge in [0, 0.05) is 44.6 Å². The smallest absolute Gasteiger partial charge is 0.244 e. The van der Waals surface area contributed by atoms with Crippen molar-refractivity contribution in [1.82, 2.24) is 19.5 Å². The predicted octanol–water partition coefficient (Wildman–Crippen LogP) is 0.549. The van der Waals surface area contributed by atoms with Crippen LogP contribution >= 0.6 is 0 Å². The Balaban J connectivity index is 1.86. The number of sulfonamides is 1. The number of aromatic nitrogens is 1. The zero-order valence-corrected chi connectivity index (χ0v) is 15.3. The number of nitrogens with one attached hydrogen (secondary N) is 1. The Kier molecular flexibility index (Phi) is 6.31. The van der Waals surface area contributed by atoms with Crippen LogP contribution in [0.4, 0.5) is 0 Å². The van der Waals surface area contributed by atoms with Crippen LogP contribution in [0.1, 0.15) is 20.8 Å². The third-order valence-corrected chi connectivity index (χ3v) is 6.24. The van der Waals surface area contributed by atoms with E-state index in [0.717, 1.165) is 0 Å². The van der Waals surface area contributed by atoms with E-state index in [1.165, 1.54) is 10.5 Å². The Labute approximate surface area is 144 Å². The average Bonchev–Trinajstić information content (AvgIpc) is 2.56. The van der Waals surface area contributed by atoms with Crippen molar-refractivity contribution in [2.24, 2.45) is 5.92 Å². The molecule has 1 aliphatic heterocycles. The molecule has 2 rings (SSSR count). The van der Waals surface area contributed by atoms with Gasteiger partial charge in [-0.05, 0) is 25.0 Å². The topological polar surface area (TPSA) is 82.6 Å². The van der Waals surface area contributed by atoms with Gasteiger partial charge in [0.15, 0.2) is 0 Å². The van der Waals surface area contributed by atoms with Gasteiger partial charge in [0.2, 0.25) is 15.9 Å². The van der Waals surface area contributed by atoms with Crippen molar-refractivity contribution in [3.8, 4) is 0 Å². The zero-order chi connectivity index (χ0) is 17.7. The molecule has 1 atom stereocenters. The Morgan fingerprint density at radius 2 is 1.92 bits per heavy atom. The van der Waals surface area contributed by atoms with Crippen LogP contribution < -0.4 is 5.32 Å². The standard InChI is InChI=1S/C16H26N4O3S/c1-13(2)14(3)18-16(21)12-19-7-9-20(10-8-19)24(22,23)15-5-4-6-17-11-15/h4-6,11,13-14H,7-10,12H2,1-3H3,(H,18,21). The minimum absolute atomic E-state index is 0.0141. The Morgan fingerprint density at radius 3 is 2.46 bits per heavy atom. The number of hydrogen-bond donors (Lipinski definition) is 1. The molecule has 24 heavy (non-hydrogen) atoms. The molecule has 0 saturated carbocycles. The number of nitrogens with zero attached hydrogens (tertiary/aromatic N) is 3. The number of pyridine rings is 1. The van der Waals surface area contributed by atoms with Crippen molar-refractivity contribution in [2.45, 2.75) is 31.7 Å². The first kappa shape index (κ1) is 18.8. The minimum atomic E-state index is -3.50. The summed E-state index contributed by atoms with van der Waals surface area (Å²) in [5.41, 5.74) is 0. The third kappa shape index (κ3) is 4.75. The van der Waals surface area contributed by atoms with Gasteiger partial charge in [-0.1, -0.05) is 13.8 Å². The second-order valence-electron chi connectivity index (χ2n) is 6.47. The van der Waals surface area contributed by atoms with Crippen molar-refractivity contribution < 1.29 is 13.2 Å². The van der Waals surface area contributed by atoms with Gasteiger partial charge >= 0.3 is 0 Å². The number of hydrogen-bond acceptors (Lipinski definition) is 5. The van der Waals surface area contributed by atoms with Crippen molar-refractivity contribution in [3.63, 3.8) is 0 Å². The molecule has 8 heteroatoms. The summed E-state index contributed by atoms with van der Waals surface area (Å²) in [5, 5.41) is 2.97. The summed E-state index contributed by atoms with van der Waals surface area (Å²) >= 11 is 0. The lowest BCUT2D eigenvalue weighted by Crippen LogP contribution is -2.51. The molecule has 0 radical (unpaired) electrons. The molecule has 1 aromatic rings. The average molecular weight is 354 g/mol. The van der Waals surface area contributed by atoms with Crippen LogP contribution in [0, 0.1) is 5.92 Å². The quantitative estimate of drug-likeness (QED) is 0.807. The lowest BCUT2D eigenvalue weighted by atomic mass is 10.1. The molecular weight excluding hydrogens is 328 g/mol. The van der Waals surface area contributed by atoms with E-state index in [-0.39, 0.29) is 16.8 Å². The summed E-state index contributed by atoms with van der Waals surface area (Å²) in [6.45, 7) is 8.26. The SMILES string of the molecule is CC(C)C(C)NC(=O)CN1CCN(S(=O)(=O)c2cccnc2)CC1. The lowest BCUT2D eigenvalue weighted by molar-refractivity contribution is -0.123. The second-order valence-corrected chi connectivity index (χ2v) is 8.41. The fourth-order valence-corrected chi connectivity index (χ4v) is 3.83. The Hall–Kier alpha value is -1.51. The first-order valence-electron chi connectivity index (χ1n) is 8.22. The van der Waals surface area contributed by atoms with Crippen LogP contribution in [0.3, 0.4) is 0 Å². The highest BCUT2D eigenvalue weighted by molar-refractivity contribution is 7.89. The molecule has 7 nitrogen and oxygen atoms in total. The van der Waals surface area contributed by atoms with Crippen molar-refractivity contribution in [3.05, 3.63) is 24.5 Å². The first-order chi connectivity index (χ1) is 11.3. The number of rotatable bonds is 6. The summed E-state index contributed by atoms with van der Waals surface area (Å²) in [7, 11) is -3.50. The monoisotopic (exact) mass is 354 g/mol. The molecule has 1 amide bonds. The molecule has 0 bridgehead atoms. The molecule has 1 saturated heterocycles. The Morgan fingerprint density at radius 1 is 1.25 bits per heavy atom. The van der Waals surface area contributed by atoms with Crippen LogP contribution in [-0.4, -0.2) is 67.3 Å². The molecule has 1 aromatic heterocycles. The van der Waals surface area contributed by atoms with E-state index >= 15 is 0 Å². The molecule has 1 unspecified atom stereocenters. The third-order valence-electron chi connectivity index (χ3n) is 4.36. The van der Waals surface area contributed by atoms with Gasteiger partial charge in [0.1, 0.15) is 4.90 Å². The molecule has 0 aromatic carbocycles. The van der Waals surface area contributed by atoms with Crippen LogP contribution in [0.5, 0.6) is 0 Å². The summed E-state index contributed by atoms with van der Waals surface area (Å²) in [6, 6.07) is 3.29. The van der Waals surface area contributed by atoms with Gasteiger partial charge in [0.25, 0.3) is 0 Å². The molecule has 134 valence electrons. The predicted molar refractivity (Wildman–Crippen MR) is 91.9 cm³/mol. The zero-order valence-electron chi connectivity index (χ0n) is 14.5. The van der Waals surface area contributed by atoms with Crippen molar-refractivity contribution in [1.29, 1.82) is 0 Å². The van der Waals surface area contributed by atoms with E-state index in [1.54, 1.807) is 18.3 Å². The Bertz CT molecular complexity index is 641. The fraction of sp³-hybridized carbons (Fsp3) is 0.625. The van der Waals surface area contributed by atoms with E-state index < -0.39 is 10.0 Å². The largest absolute Gasteiger partial charge is 0.352 e. The van der Waals surface area contributed by atoms with Crippen molar-refractivity contribution in [2.75, 3.05) is 32.7 Å². The summed E-state index contributed by atoms with van der Waals surface area (Å²) in [4.78, 5) is 18.1. The van der Waals surface area contributed by atoms with Crippen LogP contribution in [0.2, 0.25) is 0 Å². The second kappa shape index (κ2) is 8.04. The van der Waals surface area contributed by atoms with E-state index in [2.05, 4.69) is 24.1 Å². The number of carbonyl (C=O) groups excluding carboxylic acids is 1. The van der Waals surface area contributed by atoms with E-state index in [0.29, 0.717) is 38.6 Å². The van der Waals surface area contributed by atoms with Gasteiger partial charge in [-0.15, -0.1) is 0 Å². The van der Waals surface area contributed by atoms with Gasteiger partial charge < -0.3 is 5.32 Å².